The van der Waals surface area contributed by atoms with Crippen molar-refractivity contribution < 1.29 is 23.9 Å². The van der Waals surface area contributed by atoms with Crippen LogP contribution in [0.1, 0.15) is 28.4 Å². The minimum Gasteiger partial charge on any atom is -0.490 e. The van der Waals surface area contributed by atoms with Crippen molar-refractivity contribution in [2.75, 3.05) is 6.61 Å². The molecule has 4 rings (SSSR count). The number of amides is 2. The van der Waals surface area contributed by atoms with Gasteiger partial charge in [-0.05, 0) is 78.4 Å². The molecule has 1 aliphatic heterocycles. The molecule has 6 nitrogen and oxygen atoms in total. The van der Waals surface area contributed by atoms with Crippen molar-refractivity contribution in [2.24, 2.45) is 0 Å². The number of imide groups is 1. The number of ether oxygens (including phenoxy) is 2. The second-order valence-corrected chi connectivity index (χ2v) is 10.2. The second-order valence-electron chi connectivity index (χ2n) is 7.52. The van der Waals surface area contributed by atoms with Gasteiger partial charge in [0.05, 0.1) is 28.6 Å². The zero-order chi connectivity index (χ0) is 25.8. The summed E-state index contributed by atoms with van der Waals surface area (Å²) in [6.45, 7) is 2.21. The van der Waals surface area contributed by atoms with Crippen LogP contribution in [0.4, 0.5) is 4.79 Å². The summed E-state index contributed by atoms with van der Waals surface area (Å²) in [5, 5.41) is 0.235. The average Bonchev–Trinajstić information content (AvgIpc) is 3.10. The third kappa shape index (κ3) is 5.95. The lowest BCUT2D eigenvalue weighted by Crippen LogP contribution is -2.27. The quantitative estimate of drug-likeness (QED) is 0.157. The fourth-order valence-corrected chi connectivity index (χ4v) is 4.99. The monoisotopic (exact) mass is 605 g/mol. The Morgan fingerprint density at radius 1 is 1.08 bits per heavy atom. The maximum atomic E-state index is 13.0. The van der Waals surface area contributed by atoms with Gasteiger partial charge in [0.2, 0.25) is 0 Å². The van der Waals surface area contributed by atoms with E-state index in [-0.39, 0.29) is 39.8 Å². The minimum atomic E-state index is -0.629. The van der Waals surface area contributed by atoms with E-state index in [1.807, 2.05) is 24.3 Å². The number of rotatable bonds is 7. The minimum absolute atomic E-state index is 0.0534. The molecule has 0 saturated carbocycles. The Balaban J connectivity index is 1.59. The first-order valence-electron chi connectivity index (χ1n) is 10.7. The Morgan fingerprint density at radius 3 is 2.50 bits per heavy atom. The van der Waals surface area contributed by atoms with Crippen LogP contribution in [0, 0.1) is 0 Å². The Bertz CT molecular complexity index is 1380. The number of carbonyl (C=O) groups excluding carboxylic acids is 3. The molecule has 0 radical (unpaired) electrons. The molecule has 3 aromatic carbocycles. The topological polar surface area (TPSA) is 72.9 Å². The van der Waals surface area contributed by atoms with Crippen molar-refractivity contribution in [2.45, 2.75) is 13.5 Å². The molecule has 0 aromatic heterocycles. The third-order valence-corrected chi connectivity index (χ3v) is 7.28. The maximum Gasteiger partial charge on any atom is 0.343 e. The molecule has 10 heteroatoms. The number of thioether (sulfide) groups is 1. The highest BCUT2D eigenvalue weighted by Crippen LogP contribution is 2.40. The summed E-state index contributed by atoms with van der Waals surface area (Å²) in [4.78, 5) is 39.6. The molecular formula is C26H18BrCl2NO5S. The van der Waals surface area contributed by atoms with E-state index in [0.29, 0.717) is 16.1 Å². The molecular weight excluding hydrogens is 589 g/mol. The Morgan fingerprint density at radius 2 is 1.81 bits per heavy atom. The second kappa shape index (κ2) is 11.5. The van der Waals surface area contributed by atoms with Crippen LogP contribution >= 0.6 is 50.9 Å². The van der Waals surface area contributed by atoms with Gasteiger partial charge in [-0.3, -0.25) is 14.5 Å². The van der Waals surface area contributed by atoms with E-state index < -0.39 is 11.9 Å². The molecule has 1 heterocycles. The van der Waals surface area contributed by atoms with E-state index in [9.17, 15) is 14.4 Å². The molecule has 1 fully saturated rings. The average molecular weight is 607 g/mol. The lowest BCUT2D eigenvalue weighted by atomic mass is 10.1. The van der Waals surface area contributed by atoms with Gasteiger partial charge in [-0.1, -0.05) is 57.3 Å². The summed E-state index contributed by atoms with van der Waals surface area (Å²) in [5.41, 5.74) is 1.62. The molecule has 0 bridgehead atoms. The van der Waals surface area contributed by atoms with Gasteiger partial charge in [-0.25, -0.2) is 4.79 Å². The van der Waals surface area contributed by atoms with Crippen molar-refractivity contribution in [1.82, 2.24) is 4.90 Å². The molecule has 0 N–H and O–H groups in total. The van der Waals surface area contributed by atoms with Crippen LogP contribution in [0.2, 0.25) is 10.0 Å². The standard InChI is InChI=1S/C26H18BrCl2NO5S/c1-2-34-21-12-15(11-20(29)23(21)35-25(32)16-7-9-18(28)10-8-16)13-22-24(31)30(26(33)36-22)14-17-5-3-4-6-19(17)27/h3-13H,2,14H2,1H3/b22-13-. The molecule has 2 amide bonds. The third-order valence-electron chi connectivity index (χ3n) is 5.06. The van der Waals surface area contributed by atoms with Crippen LogP contribution in [0.3, 0.4) is 0 Å². The van der Waals surface area contributed by atoms with Crippen LogP contribution in [0.25, 0.3) is 6.08 Å². The van der Waals surface area contributed by atoms with Crippen LogP contribution in [0.5, 0.6) is 11.5 Å². The molecule has 1 saturated heterocycles. The highest BCUT2D eigenvalue weighted by molar-refractivity contribution is 9.10. The number of halogens is 3. The van der Waals surface area contributed by atoms with Gasteiger partial charge in [0.1, 0.15) is 0 Å². The summed E-state index contributed by atoms with van der Waals surface area (Å²) in [6, 6.07) is 16.8. The summed E-state index contributed by atoms with van der Waals surface area (Å²) >= 11 is 16.6. The van der Waals surface area contributed by atoms with Gasteiger partial charge in [0, 0.05) is 9.50 Å². The van der Waals surface area contributed by atoms with Crippen molar-refractivity contribution >= 4 is 74.1 Å². The SMILES string of the molecule is CCOc1cc(/C=C2\SC(=O)N(Cc3ccccc3Br)C2=O)cc(Cl)c1OC(=O)c1ccc(Cl)cc1. The molecule has 0 spiro atoms. The lowest BCUT2D eigenvalue weighted by molar-refractivity contribution is -0.123. The molecule has 0 atom stereocenters. The number of hydrogen-bond donors (Lipinski definition) is 0. The predicted molar refractivity (Wildman–Crippen MR) is 145 cm³/mol. The fraction of sp³-hybridized carbons (Fsp3) is 0.115. The van der Waals surface area contributed by atoms with E-state index in [2.05, 4.69) is 15.9 Å². The zero-order valence-electron chi connectivity index (χ0n) is 18.8. The molecule has 0 aliphatic carbocycles. The molecule has 36 heavy (non-hydrogen) atoms. The number of esters is 1. The van der Waals surface area contributed by atoms with Crippen molar-refractivity contribution in [3.63, 3.8) is 0 Å². The Labute approximate surface area is 230 Å². The zero-order valence-corrected chi connectivity index (χ0v) is 22.7. The summed E-state index contributed by atoms with van der Waals surface area (Å²) < 4.78 is 12.0. The molecule has 184 valence electrons. The van der Waals surface area contributed by atoms with Crippen molar-refractivity contribution in [1.29, 1.82) is 0 Å². The summed E-state index contributed by atoms with van der Waals surface area (Å²) in [5.74, 6) is -0.757. The Kier molecular flexibility index (Phi) is 8.41. The first kappa shape index (κ1) is 26.3. The first-order valence-corrected chi connectivity index (χ1v) is 13.1. The number of nitrogens with zero attached hydrogens (tertiary/aromatic N) is 1. The van der Waals surface area contributed by atoms with Crippen LogP contribution < -0.4 is 9.47 Å². The van der Waals surface area contributed by atoms with Gasteiger partial charge in [-0.2, -0.15) is 0 Å². The van der Waals surface area contributed by atoms with Crippen LogP contribution in [0.15, 0.2) is 70.0 Å². The van der Waals surface area contributed by atoms with E-state index in [1.165, 1.54) is 23.1 Å². The lowest BCUT2D eigenvalue weighted by Gasteiger charge is -2.14. The molecule has 3 aromatic rings. The van der Waals surface area contributed by atoms with E-state index >= 15 is 0 Å². The van der Waals surface area contributed by atoms with Gasteiger partial charge >= 0.3 is 5.97 Å². The summed E-state index contributed by atoms with van der Waals surface area (Å²) in [6.07, 6.45) is 1.56. The highest BCUT2D eigenvalue weighted by Gasteiger charge is 2.35. The maximum absolute atomic E-state index is 13.0. The van der Waals surface area contributed by atoms with Gasteiger partial charge in [0.15, 0.2) is 11.5 Å². The number of carbonyl (C=O) groups is 3. The van der Waals surface area contributed by atoms with E-state index in [1.54, 1.807) is 31.2 Å². The molecule has 1 aliphatic rings. The van der Waals surface area contributed by atoms with Gasteiger partial charge in [-0.15, -0.1) is 0 Å². The number of benzene rings is 3. The fourth-order valence-electron chi connectivity index (χ4n) is 3.36. The normalized spacial score (nSPS) is 14.4. The van der Waals surface area contributed by atoms with Crippen molar-refractivity contribution in [3.05, 3.63) is 96.8 Å². The Hall–Kier alpha value is -2.78. The van der Waals surface area contributed by atoms with Crippen LogP contribution in [-0.4, -0.2) is 28.6 Å². The van der Waals surface area contributed by atoms with E-state index in [4.69, 9.17) is 32.7 Å². The smallest absolute Gasteiger partial charge is 0.343 e. The first-order chi connectivity index (χ1) is 17.3. The van der Waals surface area contributed by atoms with Crippen molar-refractivity contribution in [3.8, 4) is 11.5 Å². The van der Waals surface area contributed by atoms with Gasteiger partial charge < -0.3 is 9.47 Å². The molecule has 0 unspecified atom stereocenters. The largest absolute Gasteiger partial charge is 0.490 e. The highest BCUT2D eigenvalue weighted by atomic mass is 79.9. The summed E-state index contributed by atoms with van der Waals surface area (Å²) in [7, 11) is 0. The van der Waals surface area contributed by atoms with Gasteiger partial charge in [0.25, 0.3) is 11.1 Å². The predicted octanol–water partition coefficient (Wildman–Crippen LogP) is 7.61. The van der Waals surface area contributed by atoms with E-state index in [0.717, 1.165) is 21.8 Å². The van der Waals surface area contributed by atoms with Crippen LogP contribution in [-0.2, 0) is 11.3 Å². The number of hydrogen-bond acceptors (Lipinski definition) is 6.